The minimum absolute atomic E-state index is 0.0647. The van der Waals surface area contributed by atoms with Gasteiger partial charge < -0.3 is 10.6 Å². The molecule has 0 aliphatic carbocycles. The molecule has 0 atom stereocenters. The van der Waals surface area contributed by atoms with Gasteiger partial charge in [-0.3, -0.25) is 4.79 Å². The molecule has 3 nitrogen and oxygen atoms in total. The zero-order valence-electron chi connectivity index (χ0n) is 11.8. The molecule has 23 heavy (non-hydrogen) atoms. The molecule has 0 fully saturated rings. The topological polar surface area (TPSA) is 41.1 Å². The number of halogens is 2. The Kier molecular flexibility index (Phi) is 4.60. The molecule has 0 aliphatic heterocycles. The highest BCUT2D eigenvalue weighted by atomic mass is 35.5. The molecule has 0 bridgehead atoms. The lowest BCUT2D eigenvalue weighted by Crippen LogP contribution is -2.09. The molecule has 2 N–H and O–H groups in total. The van der Waals surface area contributed by atoms with Gasteiger partial charge in [-0.1, -0.05) is 17.7 Å². The van der Waals surface area contributed by atoms with Crippen molar-refractivity contribution in [2.75, 3.05) is 10.6 Å². The van der Waals surface area contributed by atoms with E-state index in [9.17, 15) is 9.18 Å². The Morgan fingerprint density at radius 2 is 1.70 bits per heavy atom. The maximum Gasteiger partial charge on any atom is 0.265 e. The van der Waals surface area contributed by atoms with Crippen LogP contribution in [-0.2, 0) is 0 Å². The number of carbonyl (C=O) groups excluding carboxylic acids is 1. The van der Waals surface area contributed by atoms with E-state index in [0.717, 1.165) is 5.69 Å². The lowest BCUT2D eigenvalue weighted by atomic mass is 10.2. The van der Waals surface area contributed by atoms with Crippen molar-refractivity contribution in [2.45, 2.75) is 0 Å². The zero-order valence-corrected chi connectivity index (χ0v) is 13.4. The first-order chi connectivity index (χ1) is 11.1. The van der Waals surface area contributed by atoms with E-state index in [-0.39, 0.29) is 10.9 Å². The summed E-state index contributed by atoms with van der Waals surface area (Å²) >= 11 is 7.14. The van der Waals surface area contributed by atoms with Crippen molar-refractivity contribution in [3.63, 3.8) is 0 Å². The summed E-state index contributed by atoms with van der Waals surface area (Å²) in [5.74, 6) is -0.588. The van der Waals surface area contributed by atoms with Gasteiger partial charge in [-0.2, -0.15) is 0 Å². The molecule has 0 unspecified atom stereocenters. The average Bonchev–Trinajstić information content (AvgIpc) is 3.07. The van der Waals surface area contributed by atoms with Crippen LogP contribution in [0.4, 0.5) is 21.5 Å². The lowest BCUT2D eigenvalue weighted by Gasteiger charge is -2.09. The molecule has 0 saturated carbocycles. The van der Waals surface area contributed by atoms with Crippen molar-refractivity contribution in [3.8, 4) is 0 Å². The van der Waals surface area contributed by atoms with E-state index in [0.29, 0.717) is 16.3 Å². The Morgan fingerprint density at radius 1 is 1.00 bits per heavy atom. The third-order valence-corrected chi connectivity index (χ3v) is 4.25. The van der Waals surface area contributed by atoms with E-state index < -0.39 is 5.82 Å². The summed E-state index contributed by atoms with van der Waals surface area (Å²) in [5.41, 5.74) is 2.19. The number of rotatable bonds is 4. The van der Waals surface area contributed by atoms with Crippen LogP contribution < -0.4 is 10.6 Å². The smallest absolute Gasteiger partial charge is 0.265 e. The highest BCUT2D eigenvalue weighted by Crippen LogP contribution is 2.24. The number of benzene rings is 2. The first-order valence-corrected chi connectivity index (χ1v) is 8.04. The zero-order chi connectivity index (χ0) is 16.2. The molecule has 0 spiro atoms. The van der Waals surface area contributed by atoms with Gasteiger partial charge in [-0.05, 0) is 53.9 Å². The maximum absolute atomic E-state index is 13.1. The third kappa shape index (κ3) is 3.88. The van der Waals surface area contributed by atoms with Crippen LogP contribution in [0.2, 0.25) is 5.02 Å². The molecule has 1 heterocycles. The molecular weight excluding hydrogens is 335 g/mol. The highest BCUT2D eigenvalue weighted by Gasteiger charge is 2.07. The van der Waals surface area contributed by atoms with Gasteiger partial charge in [0.15, 0.2) is 0 Å². The second-order valence-corrected chi connectivity index (χ2v) is 6.12. The van der Waals surface area contributed by atoms with Crippen LogP contribution in [0.25, 0.3) is 0 Å². The number of hydrogen-bond acceptors (Lipinski definition) is 3. The standard InChI is InChI=1S/C17H12ClFN2OS/c18-14-10-13(7-8-15(14)19)20-11-3-5-12(6-4-11)21-17(22)16-2-1-9-23-16/h1-10,20H,(H,21,22). The molecule has 6 heteroatoms. The van der Waals surface area contributed by atoms with Crippen molar-refractivity contribution in [1.29, 1.82) is 0 Å². The van der Waals surface area contributed by atoms with E-state index >= 15 is 0 Å². The Bertz CT molecular complexity index is 819. The van der Waals surface area contributed by atoms with Crippen LogP contribution in [0.3, 0.4) is 0 Å². The highest BCUT2D eigenvalue weighted by molar-refractivity contribution is 7.12. The van der Waals surface area contributed by atoms with Gasteiger partial charge in [-0.15, -0.1) is 11.3 Å². The number of carbonyl (C=O) groups is 1. The average molecular weight is 347 g/mol. The molecule has 3 rings (SSSR count). The first kappa shape index (κ1) is 15.5. The van der Waals surface area contributed by atoms with E-state index in [1.165, 1.54) is 23.5 Å². The number of nitrogens with one attached hydrogen (secondary N) is 2. The fourth-order valence-corrected chi connectivity index (χ4v) is 2.78. The van der Waals surface area contributed by atoms with E-state index in [4.69, 9.17) is 11.6 Å². The van der Waals surface area contributed by atoms with Crippen LogP contribution in [0.1, 0.15) is 9.67 Å². The van der Waals surface area contributed by atoms with Gasteiger partial charge in [0, 0.05) is 17.1 Å². The van der Waals surface area contributed by atoms with Crippen molar-refractivity contribution in [3.05, 3.63) is 75.7 Å². The Morgan fingerprint density at radius 3 is 2.35 bits per heavy atom. The van der Waals surface area contributed by atoms with Gasteiger partial charge in [0.05, 0.1) is 9.90 Å². The molecular formula is C17H12ClFN2OS. The molecule has 116 valence electrons. The van der Waals surface area contributed by atoms with Gasteiger partial charge in [-0.25, -0.2) is 4.39 Å². The van der Waals surface area contributed by atoms with Crippen molar-refractivity contribution in [1.82, 2.24) is 0 Å². The molecule has 0 radical (unpaired) electrons. The molecule has 2 aromatic carbocycles. The van der Waals surface area contributed by atoms with Crippen molar-refractivity contribution in [2.24, 2.45) is 0 Å². The van der Waals surface area contributed by atoms with Crippen LogP contribution in [0.15, 0.2) is 60.0 Å². The normalized spacial score (nSPS) is 10.3. The van der Waals surface area contributed by atoms with Gasteiger partial charge in [0.2, 0.25) is 0 Å². The second-order valence-electron chi connectivity index (χ2n) is 4.76. The molecule has 1 aromatic heterocycles. The minimum Gasteiger partial charge on any atom is -0.355 e. The largest absolute Gasteiger partial charge is 0.355 e. The van der Waals surface area contributed by atoms with Gasteiger partial charge in [0.25, 0.3) is 5.91 Å². The van der Waals surface area contributed by atoms with Crippen LogP contribution in [-0.4, -0.2) is 5.91 Å². The fraction of sp³-hybridized carbons (Fsp3) is 0. The monoisotopic (exact) mass is 346 g/mol. The number of thiophene rings is 1. The van der Waals surface area contributed by atoms with E-state index in [2.05, 4.69) is 10.6 Å². The summed E-state index contributed by atoms with van der Waals surface area (Å²) in [4.78, 5) is 12.6. The van der Waals surface area contributed by atoms with Gasteiger partial charge >= 0.3 is 0 Å². The maximum atomic E-state index is 13.1. The van der Waals surface area contributed by atoms with Crippen molar-refractivity contribution >= 4 is 45.9 Å². The summed E-state index contributed by atoms with van der Waals surface area (Å²) in [6.07, 6.45) is 0. The molecule has 3 aromatic rings. The predicted molar refractivity (Wildman–Crippen MR) is 93.4 cm³/mol. The third-order valence-electron chi connectivity index (χ3n) is 3.10. The van der Waals surface area contributed by atoms with Crippen LogP contribution in [0, 0.1) is 5.82 Å². The second kappa shape index (κ2) is 6.81. The van der Waals surface area contributed by atoms with E-state index in [1.807, 2.05) is 23.6 Å². The fourth-order valence-electron chi connectivity index (χ4n) is 1.98. The first-order valence-electron chi connectivity index (χ1n) is 6.79. The summed E-state index contributed by atoms with van der Waals surface area (Å²) in [7, 11) is 0. The molecule has 0 aliphatic rings. The minimum atomic E-state index is -0.455. The number of amides is 1. The summed E-state index contributed by atoms with van der Waals surface area (Å²) in [6.45, 7) is 0. The van der Waals surface area contributed by atoms with Crippen molar-refractivity contribution < 1.29 is 9.18 Å². The Balaban J connectivity index is 1.67. The number of hydrogen-bond donors (Lipinski definition) is 2. The Labute approximate surface area is 141 Å². The quantitative estimate of drug-likeness (QED) is 0.651. The predicted octanol–water partition coefficient (Wildman–Crippen LogP) is 5.54. The number of anilines is 3. The molecule has 0 saturated heterocycles. The van der Waals surface area contributed by atoms with Gasteiger partial charge in [0.1, 0.15) is 5.82 Å². The summed E-state index contributed by atoms with van der Waals surface area (Å²) in [5, 5.41) is 7.86. The van der Waals surface area contributed by atoms with Crippen LogP contribution in [0.5, 0.6) is 0 Å². The van der Waals surface area contributed by atoms with Crippen LogP contribution >= 0.6 is 22.9 Å². The molecule has 1 amide bonds. The Hall–Kier alpha value is -2.37. The lowest BCUT2D eigenvalue weighted by molar-refractivity contribution is 0.103. The SMILES string of the molecule is O=C(Nc1ccc(Nc2ccc(F)c(Cl)c2)cc1)c1cccs1. The summed E-state index contributed by atoms with van der Waals surface area (Å²) in [6, 6.07) is 15.3. The summed E-state index contributed by atoms with van der Waals surface area (Å²) < 4.78 is 13.1. The van der Waals surface area contributed by atoms with E-state index in [1.54, 1.807) is 24.3 Å².